The molecule has 0 aromatic heterocycles. The van der Waals surface area contributed by atoms with Crippen LogP contribution in [0.5, 0.6) is 0 Å². The number of para-hydroxylation sites is 1. The number of ketones is 1. The third-order valence-corrected chi connectivity index (χ3v) is 4.60. The molecule has 1 aliphatic carbocycles. The second kappa shape index (κ2) is 4.75. The Bertz CT molecular complexity index is 454. The highest BCUT2D eigenvalue weighted by molar-refractivity contribution is 5.99. The lowest BCUT2D eigenvalue weighted by atomic mass is 9.85. The Hall–Kier alpha value is -1.31. The molecule has 2 heteroatoms. The molecule has 3 rings (SSSR count). The lowest BCUT2D eigenvalue weighted by Crippen LogP contribution is -2.35. The minimum Gasteiger partial charge on any atom is -0.368 e. The van der Waals surface area contributed by atoms with Gasteiger partial charge in [-0.1, -0.05) is 25.0 Å². The zero-order chi connectivity index (χ0) is 12.5. The monoisotopic (exact) mass is 243 g/mol. The fourth-order valence-corrected chi connectivity index (χ4v) is 3.73. The topological polar surface area (TPSA) is 20.3 Å². The third-order valence-electron chi connectivity index (χ3n) is 4.60. The van der Waals surface area contributed by atoms with Crippen molar-refractivity contribution in [3.05, 3.63) is 29.8 Å². The van der Waals surface area contributed by atoms with Crippen molar-refractivity contribution in [2.75, 3.05) is 11.4 Å². The molecule has 2 aliphatic rings. The molecule has 96 valence electrons. The maximum Gasteiger partial charge on any atom is 0.161 e. The number of benzene rings is 1. The summed E-state index contributed by atoms with van der Waals surface area (Å²) >= 11 is 0. The summed E-state index contributed by atoms with van der Waals surface area (Å²) in [7, 11) is 0. The highest BCUT2D eigenvalue weighted by Crippen LogP contribution is 2.39. The van der Waals surface area contributed by atoms with Gasteiger partial charge in [-0.3, -0.25) is 4.79 Å². The van der Waals surface area contributed by atoms with Gasteiger partial charge < -0.3 is 4.90 Å². The van der Waals surface area contributed by atoms with Crippen molar-refractivity contribution in [1.29, 1.82) is 0 Å². The standard InChI is InChI=1S/C16H21NO/c1-12(18)14-7-3-5-9-16(14)17-11-10-13-6-2-4-8-15(13)17/h3,5,7,9,13,15H,2,4,6,8,10-11H2,1H3. The Morgan fingerprint density at radius 3 is 2.78 bits per heavy atom. The van der Waals surface area contributed by atoms with E-state index >= 15 is 0 Å². The normalized spacial score (nSPS) is 27.1. The molecule has 2 fully saturated rings. The molecule has 2 unspecified atom stereocenters. The van der Waals surface area contributed by atoms with Gasteiger partial charge in [0.25, 0.3) is 0 Å². The lowest BCUT2D eigenvalue weighted by molar-refractivity contribution is 0.101. The Morgan fingerprint density at radius 1 is 1.17 bits per heavy atom. The van der Waals surface area contributed by atoms with Crippen molar-refractivity contribution in [3.63, 3.8) is 0 Å². The summed E-state index contributed by atoms with van der Waals surface area (Å²) in [6, 6.07) is 8.79. The first-order valence-corrected chi connectivity index (χ1v) is 7.14. The van der Waals surface area contributed by atoms with Crippen LogP contribution in [0.4, 0.5) is 5.69 Å². The molecule has 18 heavy (non-hydrogen) atoms. The van der Waals surface area contributed by atoms with Crippen LogP contribution < -0.4 is 4.90 Å². The van der Waals surface area contributed by atoms with Gasteiger partial charge in [0, 0.05) is 23.8 Å². The van der Waals surface area contributed by atoms with Gasteiger partial charge in [-0.25, -0.2) is 0 Å². The van der Waals surface area contributed by atoms with Crippen LogP contribution in [0.15, 0.2) is 24.3 Å². The quantitative estimate of drug-likeness (QED) is 0.739. The van der Waals surface area contributed by atoms with Gasteiger partial charge in [-0.2, -0.15) is 0 Å². The van der Waals surface area contributed by atoms with E-state index in [4.69, 9.17) is 0 Å². The van der Waals surface area contributed by atoms with Gasteiger partial charge in [-0.15, -0.1) is 0 Å². The van der Waals surface area contributed by atoms with Gasteiger partial charge in [0.2, 0.25) is 0 Å². The van der Waals surface area contributed by atoms with Gasteiger partial charge in [0.05, 0.1) is 0 Å². The number of anilines is 1. The Labute approximate surface area is 109 Å². The van der Waals surface area contributed by atoms with E-state index in [0.717, 1.165) is 18.0 Å². The fraction of sp³-hybridized carbons (Fsp3) is 0.562. The largest absolute Gasteiger partial charge is 0.368 e. The van der Waals surface area contributed by atoms with Crippen LogP contribution in [0.2, 0.25) is 0 Å². The number of carbonyl (C=O) groups excluding carboxylic acids is 1. The second-order valence-corrected chi connectivity index (χ2v) is 5.67. The molecule has 0 N–H and O–H groups in total. The summed E-state index contributed by atoms with van der Waals surface area (Å²) in [4.78, 5) is 14.3. The number of rotatable bonds is 2. The molecule has 2 nitrogen and oxygen atoms in total. The first-order chi connectivity index (χ1) is 8.77. The highest BCUT2D eigenvalue weighted by atomic mass is 16.1. The van der Waals surface area contributed by atoms with Crippen LogP contribution in [0, 0.1) is 5.92 Å². The molecule has 1 aromatic rings. The zero-order valence-corrected chi connectivity index (χ0v) is 11.1. The van der Waals surface area contributed by atoms with Crippen molar-refractivity contribution < 1.29 is 4.79 Å². The number of carbonyl (C=O) groups is 1. The summed E-state index contributed by atoms with van der Waals surface area (Å²) in [5.74, 6) is 1.05. The van der Waals surface area contributed by atoms with Crippen LogP contribution in [0.25, 0.3) is 0 Å². The molecule has 1 aromatic carbocycles. The molecule has 1 saturated heterocycles. The maximum atomic E-state index is 11.8. The van der Waals surface area contributed by atoms with E-state index in [1.807, 2.05) is 12.1 Å². The summed E-state index contributed by atoms with van der Waals surface area (Å²) in [6.45, 7) is 2.80. The molecule has 0 amide bonds. The summed E-state index contributed by atoms with van der Waals surface area (Å²) in [5, 5.41) is 0. The SMILES string of the molecule is CC(=O)c1ccccc1N1CCC2CCCCC21. The predicted molar refractivity (Wildman–Crippen MR) is 74.2 cm³/mol. The van der Waals surface area contributed by atoms with E-state index in [-0.39, 0.29) is 5.78 Å². The number of nitrogens with zero attached hydrogens (tertiary/aromatic N) is 1. The van der Waals surface area contributed by atoms with E-state index in [9.17, 15) is 4.79 Å². The smallest absolute Gasteiger partial charge is 0.161 e. The van der Waals surface area contributed by atoms with Crippen LogP contribution in [0.3, 0.4) is 0 Å². The average molecular weight is 243 g/mol. The summed E-state index contributed by atoms with van der Waals surface area (Å²) < 4.78 is 0. The molecule has 0 spiro atoms. The minimum atomic E-state index is 0.185. The highest BCUT2D eigenvalue weighted by Gasteiger charge is 2.36. The molecule has 0 bridgehead atoms. The van der Waals surface area contributed by atoms with Gasteiger partial charge in [0.1, 0.15) is 0 Å². The summed E-state index contributed by atoms with van der Waals surface area (Å²) in [6.07, 6.45) is 6.72. The summed E-state index contributed by atoms with van der Waals surface area (Å²) in [5.41, 5.74) is 2.06. The predicted octanol–water partition coefficient (Wildman–Crippen LogP) is 3.66. The van der Waals surface area contributed by atoms with Gasteiger partial charge >= 0.3 is 0 Å². The van der Waals surface area contributed by atoms with Gasteiger partial charge in [0.15, 0.2) is 5.78 Å². The Morgan fingerprint density at radius 2 is 1.94 bits per heavy atom. The third kappa shape index (κ3) is 1.94. The van der Waals surface area contributed by atoms with Gasteiger partial charge in [-0.05, 0) is 44.2 Å². The van der Waals surface area contributed by atoms with E-state index in [1.165, 1.54) is 37.8 Å². The molecule has 0 radical (unpaired) electrons. The maximum absolute atomic E-state index is 11.8. The lowest BCUT2D eigenvalue weighted by Gasteiger charge is -2.34. The van der Waals surface area contributed by atoms with Crippen LogP contribution in [-0.4, -0.2) is 18.4 Å². The van der Waals surface area contributed by atoms with Crippen molar-refractivity contribution >= 4 is 11.5 Å². The van der Waals surface area contributed by atoms with Crippen LogP contribution in [0.1, 0.15) is 49.4 Å². The molecule has 1 aliphatic heterocycles. The molecule has 1 heterocycles. The number of hydrogen-bond donors (Lipinski definition) is 0. The zero-order valence-electron chi connectivity index (χ0n) is 11.1. The minimum absolute atomic E-state index is 0.185. The van der Waals surface area contributed by atoms with E-state index in [2.05, 4.69) is 17.0 Å². The number of hydrogen-bond acceptors (Lipinski definition) is 2. The van der Waals surface area contributed by atoms with Crippen LogP contribution in [-0.2, 0) is 0 Å². The second-order valence-electron chi connectivity index (χ2n) is 5.67. The van der Waals surface area contributed by atoms with Crippen LogP contribution >= 0.6 is 0 Å². The molecule has 2 atom stereocenters. The fourth-order valence-electron chi connectivity index (χ4n) is 3.73. The number of Topliss-reactive ketones (excluding diaryl/α,β-unsaturated/α-hetero) is 1. The van der Waals surface area contributed by atoms with E-state index < -0.39 is 0 Å². The first kappa shape index (κ1) is 11.8. The van der Waals surface area contributed by atoms with Crippen molar-refractivity contribution in [3.8, 4) is 0 Å². The molecular weight excluding hydrogens is 222 g/mol. The average Bonchev–Trinajstić information content (AvgIpc) is 2.82. The molecular formula is C16H21NO. The Balaban J connectivity index is 1.93. The molecule has 1 saturated carbocycles. The van der Waals surface area contributed by atoms with E-state index in [1.54, 1.807) is 6.92 Å². The van der Waals surface area contributed by atoms with Crippen molar-refractivity contribution in [1.82, 2.24) is 0 Å². The van der Waals surface area contributed by atoms with Crippen molar-refractivity contribution in [2.45, 2.75) is 45.1 Å². The first-order valence-electron chi connectivity index (χ1n) is 7.14. The Kier molecular flexibility index (Phi) is 3.11. The number of fused-ring (bicyclic) bond motifs is 1. The van der Waals surface area contributed by atoms with Crippen molar-refractivity contribution in [2.24, 2.45) is 5.92 Å². The van der Waals surface area contributed by atoms with E-state index in [0.29, 0.717) is 6.04 Å².